The summed E-state index contributed by atoms with van der Waals surface area (Å²) in [6.07, 6.45) is 1.97. The minimum Gasteiger partial charge on any atom is -0.362 e. The Morgan fingerprint density at radius 3 is 2.77 bits per heavy atom. The number of nitrogens with one attached hydrogen (secondary N) is 1. The fourth-order valence-corrected chi connectivity index (χ4v) is 1.98. The van der Waals surface area contributed by atoms with Gasteiger partial charge in [-0.1, -0.05) is 12.1 Å². The first-order chi connectivity index (χ1) is 6.05. The van der Waals surface area contributed by atoms with E-state index in [-0.39, 0.29) is 11.6 Å². The fraction of sp³-hybridized carbons (Fsp3) is 0.571. The van der Waals surface area contributed by atoms with Crippen LogP contribution in [0.5, 0.6) is 0 Å². The molecule has 0 spiro atoms. The number of nitrogens with zero attached hydrogens (tertiary/aromatic N) is 1. The van der Waals surface area contributed by atoms with Gasteiger partial charge in [-0.3, -0.25) is 4.72 Å². The number of anilines is 1. The summed E-state index contributed by atoms with van der Waals surface area (Å²) in [7, 11) is -3.25. The van der Waals surface area contributed by atoms with Gasteiger partial charge < -0.3 is 4.52 Å². The smallest absolute Gasteiger partial charge is 0.233 e. The van der Waals surface area contributed by atoms with Gasteiger partial charge in [0.05, 0.1) is 5.75 Å². The number of sulfonamides is 1. The quantitative estimate of drug-likeness (QED) is 0.798. The summed E-state index contributed by atoms with van der Waals surface area (Å²) in [6, 6.07) is 0. The minimum atomic E-state index is -3.25. The Hall–Kier alpha value is -1.04. The van der Waals surface area contributed by atoms with Crippen molar-refractivity contribution in [3.63, 3.8) is 0 Å². The number of hydrogen-bond donors (Lipinski definition) is 1. The van der Waals surface area contributed by atoms with Crippen LogP contribution in [0.15, 0.2) is 10.8 Å². The summed E-state index contributed by atoms with van der Waals surface area (Å²) in [5.41, 5.74) is 0.680. The summed E-state index contributed by atoms with van der Waals surface area (Å²) in [4.78, 5) is 0. The Bertz CT molecular complexity index is 369. The Kier molecular flexibility index (Phi) is 2.92. The normalized spacial score (nSPS) is 11.5. The van der Waals surface area contributed by atoms with E-state index in [1.165, 1.54) is 6.26 Å². The molecule has 1 aromatic rings. The van der Waals surface area contributed by atoms with Crippen LogP contribution < -0.4 is 4.72 Å². The SMILES string of the molecule is CCCS(=O)(=O)Nc1nocc1C. The summed E-state index contributed by atoms with van der Waals surface area (Å²) in [5, 5.41) is 3.52. The summed E-state index contributed by atoms with van der Waals surface area (Å²) in [5.74, 6) is 0.368. The van der Waals surface area contributed by atoms with E-state index < -0.39 is 10.0 Å². The molecule has 0 aliphatic carbocycles. The highest BCUT2D eigenvalue weighted by atomic mass is 32.2. The van der Waals surface area contributed by atoms with Gasteiger partial charge in [-0.15, -0.1) is 0 Å². The fourth-order valence-electron chi connectivity index (χ4n) is 0.852. The number of rotatable bonds is 4. The largest absolute Gasteiger partial charge is 0.362 e. The molecule has 1 rings (SSSR count). The van der Waals surface area contributed by atoms with Gasteiger partial charge in [-0.25, -0.2) is 8.42 Å². The van der Waals surface area contributed by atoms with Crippen LogP contribution in [0, 0.1) is 6.92 Å². The molecule has 13 heavy (non-hydrogen) atoms. The average Bonchev–Trinajstić information content (AvgIpc) is 2.35. The lowest BCUT2D eigenvalue weighted by Crippen LogP contribution is -2.16. The molecule has 1 N–H and O–H groups in total. The van der Waals surface area contributed by atoms with Gasteiger partial charge in [0.15, 0.2) is 5.82 Å². The lowest BCUT2D eigenvalue weighted by molar-refractivity contribution is 0.422. The molecule has 1 heterocycles. The highest BCUT2D eigenvalue weighted by molar-refractivity contribution is 7.92. The zero-order valence-corrected chi connectivity index (χ0v) is 8.39. The second-order valence-corrected chi connectivity index (χ2v) is 4.61. The molecule has 0 fully saturated rings. The molecule has 0 aromatic carbocycles. The lowest BCUT2D eigenvalue weighted by Gasteiger charge is -2.02. The third-order valence-electron chi connectivity index (χ3n) is 1.47. The maximum absolute atomic E-state index is 11.3. The van der Waals surface area contributed by atoms with Gasteiger partial charge in [0.2, 0.25) is 10.0 Å². The van der Waals surface area contributed by atoms with Crippen molar-refractivity contribution in [2.75, 3.05) is 10.5 Å². The van der Waals surface area contributed by atoms with Crippen molar-refractivity contribution in [2.45, 2.75) is 20.3 Å². The summed E-state index contributed by atoms with van der Waals surface area (Å²) in [6.45, 7) is 3.52. The van der Waals surface area contributed by atoms with E-state index in [0.29, 0.717) is 12.0 Å². The highest BCUT2D eigenvalue weighted by Gasteiger charge is 2.12. The summed E-state index contributed by atoms with van der Waals surface area (Å²) < 4.78 is 29.4. The Balaban J connectivity index is 2.75. The summed E-state index contributed by atoms with van der Waals surface area (Å²) >= 11 is 0. The molecule has 74 valence electrons. The standard InChI is InChI=1S/C7H12N2O3S/c1-3-4-13(10,11)9-7-6(2)5-12-8-7/h5H,3-4H2,1-2H3,(H,8,9). The van der Waals surface area contributed by atoms with Crippen LogP contribution in [0.2, 0.25) is 0 Å². The molecular weight excluding hydrogens is 192 g/mol. The molecular formula is C7H12N2O3S. The van der Waals surface area contributed by atoms with Crippen LogP contribution in [-0.2, 0) is 10.0 Å². The zero-order chi connectivity index (χ0) is 9.90. The van der Waals surface area contributed by atoms with Crippen LogP contribution in [0.4, 0.5) is 5.82 Å². The van der Waals surface area contributed by atoms with Crippen LogP contribution >= 0.6 is 0 Å². The van der Waals surface area contributed by atoms with E-state index in [9.17, 15) is 8.42 Å². The molecule has 0 unspecified atom stereocenters. The van der Waals surface area contributed by atoms with E-state index in [1.54, 1.807) is 13.8 Å². The van der Waals surface area contributed by atoms with E-state index in [2.05, 4.69) is 14.4 Å². The predicted molar refractivity (Wildman–Crippen MR) is 48.9 cm³/mol. The number of aromatic nitrogens is 1. The molecule has 0 atom stereocenters. The topological polar surface area (TPSA) is 72.2 Å². The van der Waals surface area contributed by atoms with Crippen LogP contribution in [-0.4, -0.2) is 19.3 Å². The van der Waals surface area contributed by atoms with Gasteiger partial charge in [-0.2, -0.15) is 0 Å². The van der Waals surface area contributed by atoms with Crippen molar-refractivity contribution in [2.24, 2.45) is 0 Å². The van der Waals surface area contributed by atoms with E-state index in [0.717, 1.165) is 0 Å². The average molecular weight is 204 g/mol. The van der Waals surface area contributed by atoms with Gasteiger partial charge in [0, 0.05) is 5.56 Å². The van der Waals surface area contributed by atoms with E-state index in [4.69, 9.17) is 0 Å². The molecule has 0 bridgehead atoms. The van der Waals surface area contributed by atoms with E-state index in [1.807, 2.05) is 0 Å². The van der Waals surface area contributed by atoms with Crippen molar-refractivity contribution in [3.8, 4) is 0 Å². The number of hydrogen-bond acceptors (Lipinski definition) is 4. The van der Waals surface area contributed by atoms with Crippen molar-refractivity contribution >= 4 is 15.8 Å². The molecule has 0 aliphatic heterocycles. The van der Waals surface area contributed by atoms with Gasteiger partial charge in [0.1, 0.15) is 6.26 Å². The zero-order valence-electron chi connectivity index (χ0n) is 7.57. The molecule has 6 heteroatoms. The van der Waals surface area contributed by atoms with Gasteiger partial charge >= 0.3 is 0 Å². The minimum absolute atomic E-state index is 0.0965. The van der Waals surface area contributed by atoms with Crippen LogP contribution in [0.1, 0.15) is 18.9 Å². The Labute approximate surface area is 77.2 Å². The molecule has 5 nitrogen and oxygen atoms in total. The first kappa shape index (κ1) is 10.0. The third kappa shape index (κ3) is 2.73. The molecule has 0 saturated heterocycles. The monoisotopic (exact) mass is 204 g/mol. The second kappa shape index (κ2) is 3.78. The first-order valence-electron chi connectivity index (χ1n) is 3.96. The van der Waals surface area contributed by atoms with Gasteiger partial charge in [-0.05, 0) is 13.3 Å². The maximum atomic E-state index is 11.3. The van der Waals surface area contributed by atoms with Crippen LogP contribution in [0.3, 0.4) is 0 Å². The van der Waals surface area contributed by atoms with E-state index >= 15 is 0 Å². The lowest BCUT2D eigenvalue weighted by atomic mass is 10.4. The molecule has 0 radical (unpaired) electrons. The van der Waals surface area contributed by atoms with Crippen molar-refractivity contribution < 1.29 is 12.9 Å². The molecule has 1 aromatic heterocycles. The maximum Gasteiger partial charge on any atom is 0.233 e. The third-order valence-corrected chi connectivity index (χ3v) is 2.92. The predicted octanol–water partition coefficient (Wildman–Crippen LogP) is 1.13. The molecule has 0 aliphatic rings. The number of aryl methyl sites for hydroxylation is 1. The first-order valence-corrected chi connectivity index (χ1v) is 5.62. The Morgan fingerprint density at radius 1 is 1.62 bits per heavy atom. The second-order valence-electron chi connectivity index (χ2n) is 2.77. The Morgan fingerprint density at radius 2 is 2.31 bits per heavy atom. The molecule has 0 saturated carbocycles. The van der Waals surface area contributed by atoms with Gasteiger partial charge in [0.25, 0.3) is 0 Å². The molecule has 0 amide bonds. The van der Waals surface area contributed by atoms with Crippen molar-refractivity contribution in [3.05, 3.63) is 11.8 Å². The highest BCUT2D eigenvalue weighted by Crippen LogP contribution is 2.12. The van der Waals surface area contributed by atoms with Crippen LogP contribution in [0.25, 0.3) is 0 Å². The van der Waals surface area contributed by atoms with Crippen molar-refractivity contribution in [1.82, 2.24) is 5.16 Å². The van der Waals surface area contributed by atoms with Crippen molar-refractivity contribution in [1.29, 1.82) is 0 Å².